The third-order valence-corrected chi connectivity index (χ3v) is 8.08. The first-order valence-electron chi connectivity index (χ1n) is 11.9. The molecular formula is C24H29N5O4S. The number of aromatic nitrogens is 2. The second-order valence-electron chi connectivity index (χ2n) is 9.37. The van der Waals surface area contributed by atoms with Crippen molar-refractivity contribution in [2.45, 2.75) is 63.3 Å². The molecule has 1 aromatic heterocycles. The van der Waals surface area contributed by atoms with Gasteiger partial charge in [0.25, 0.3) is 5.91 Å². The van der Waals surface area contributed by atoms with E-state index in [0.29, 0.717) is 36.8 Å². The zero-order chi connectivity index (χ0) is 23.7. The van der Waals surface area contributed by atoms with Crippen molar-refractivity contribution in [2.24, 2.45) is 5.92 Å². The molecule has 34 heavy (non-hydrogen) atoms. The molecule has 3 amide bonds. The van der Waals surface area contributed by atoms with Gasteiger partial charge in [0.1, 0.15) is 11.0 Å². The summed E-state index contributed by atoms with van der Waals surface area (Å²) >= 11 is 1.21. The van der Waals surface area contributed by atoms with Crippen LogP contribution in [-0.2, 0) is 19.7 Å². The Bertz CT molecular complexity index is 1100. The lowest BCUT2D eigenvalue weighted by atomic mass is 9.75. The summed E-state index contributed by atoms with van der Waals surface area (Å²) in [5, 5.41) is 17.7. The topological polar surface area (TPSA) is 122 Å². The van der Waals surface area contributed by atoms with E-state index in [9.17, 15) is 14.4 Å². The Kier molecular flexibility index (Phi) is 6.35. The SMILES string of the molecule is Cc1nnc(C(=O)NC(C(=O)Nc2ccc3c(c2)NC(=O)C32CCOCC2)C2CCCCC2)s1. The third-order valence-electron chi connectivity index (χ3n) is 7.24. The van der Waals surface area contributed by atoms with Crippen LogP contribution in [0.2, 0.25) is 0 Å². The predicted octanol–water partition coefficient (Wildman–Crippen LogP) is 3.16. The maximum Gasteiger partial charge on any atom is 0.282 e. The highest BCUT2D eigenvalue weighted by atomic mass is 32.1. The average molecular weight is 484 g/mol. The Balaban J connectivity index is 1.34. The molecule has 1 saturated carbocycles. The normalized spacial score (nSPS) is 20.4. The quantitative estimate of drug-likeness (QED) is 0.600. The van der Waals surface area contributed by atoms with Crippen LogP contribution >= 0.6 is 11.3 Å². The standard InChI is InChI=1S/C24H29N5O4S/c1-14-28-29-22(34-14)21(31)27-19(15-5-3-2-4-6-15)20(30)25-16-7-8-17-18(13-16)26-23(32)24(17)9-11-33-12-10-24/h7-8,13,15,19H,2-6,9-12H2,1H3,(H,25,30)(H,26,32)(H,27,31). The Labute approximate surface area is 202 Å². The van der Waals surface area contributed by atoms with Gasteiger partial charge in [-0.05, 0) is 56.2 Å². The summed E-state index contributed by atoms with van der Waals surface area (Å²) in [5.41, 5.74) is 1.74. The molecule has 10 heteroatoms. The number of nitrogens with one attached hydrogen (secondary N) is 3. The number of anilines is 2. The summed E-state index contributed by atoms with van der Waals surface area (Å²) in [4.78, 5) is 39.0. The third kappa shape index (κ3) is 4.32. The summed E-state index contributed by atoms with van der Waals surface area (Å²) in [6.45, 7) is 2.90. The highest BCUT2D eigenvalue weighted by Gasteiger charge is 2.47. The number of amides is 3. The van der Waals surface area contributed by atoms with E-state index >= 15 is 0 Å². The molecule has 1 spiro atoms. The largest absolute Gasteiger partial charge is 0.381 e. The van der Waals surface area contributed by atoms with Gasteiger partial charge in [0.15, 0.2) is 0 Å². The highest BCUT2D eigenvalue weighted by molar-refractivity contribution is 7.13. The number of hydrogen-bond donors (Lipinski definition) is 3. The summed E-state index contributed by atoms with van der Waals surface area (Å²) in [7, 11) is 0. The molecule has 3 aliphatic rings. The van der Waals surface area contributed by atoms with Gasteiger partial charge in [-0.25, -0.2) is 0 Å². The molecule has 1 unspecified atom stereocenters. The van der Waals surface area contributed by atoms with Gasteiger partial charge in [0.2, 0.25) is 16.8 Å². The van der Waals surface area contributed by atoms with Gasteiger partial charge >= 0.3 is 0 Å². The molecule has 1 aromatic carbocycles. The molecule has 2 fully saturated rings. The van der Waals surface area contributed by atoms with E-state index < -0.39 is 11.5 Å². The number of ether oxygens (including phenoxy) is 1. The van der Waals surface area contributed by atoms with Crippen molar-refractivity contribution in [3.8, 4) is 0 Å². The van der Waals surface area contributed by atoms with Crippen LogP contribution in [0.3, 0.4) is 0 Å². The fourth-order valence-corrected chi connectivity index (χ4v) is 5.99. The van der Waals surface area contributed by atoms with E-state index in [1.807, 2.05) is 18.2 Å². The second kappa shape index (κ2) is 9.42. The summed E-state index contributed by atoms with van der Waals surface area (Å²) in [6, 6.07) is 4.90. The summed E-state index contributed by atoms with van der Waals surface area (Å²) < 4.78 is 5.47. The molecule has 2 aromatic rings. The van der Waals surface area contributed by atoms with Crippen LogP contribution in [0.15, 0.2) is 18.2 Å². The predicted molar refractivity (Wildman–Crippen MR) is 128 cm³/mol. The summed E-state index contributed by atoms with van der Waals surface area (Å²) in [6.07, 6.45) is 6.30. The van der Waals surface area contributed by atoms with E-state index in [1.54, 1.807) is 6.92 Å². The van der Waals surface area contributed by atoms with Crippen molar-refractivity contribution in [3.05, 3.63) is 33.8 Å². The lowest BCUT2D eigenvalue weighted by Crippen LogP contribution is -2.49. The average Bonchev–Trinajstić information content (AvgIpc) is 3.39. The van der Waals surface area contributed by atoms with Crippen molar-refractivity contribution >= 4 is 40.4 Å². The van der Waals surface area contributed by atoms with Gasteiger partial charge in [0, 0.05) is 24.6 Å². The molecule has 0 bridgehead atoms. The maximum atomic E-state index is 13.4. The van der Waals surface area contributed by atoms with Gasteiger partial charge in [-0.1, -0.05) is 36.7 Å². The molecule has 5 rings (SSSR count). The van der Waals surface area contributed by atoms with Crippen LogP contribution in [0.5, 0.6) is 0 Å². The monoisotopic (exact) mass is 483 g/mol. The lowest BCUT2D eigenvalue weighted by Gasteiger charge is -2.31. The van der Waals surface area contributed by atoms with Crippen molar-refractivity contribution in [2.75, 3.05) is 23.8 Å². The molecule has 3 N–H and O–H groups in total. The number of hydrogen-bond acceptors (Lipinski definition) is 7. The van der Waals surface area contributed by atoms with Gasteiger partial charge in [-0.2, -0.15) is 0 Å². The highest BCUT2D eigenvalue weighted by Crippen LogP contribution is 2.45. The molecular weight excluding hydrogens is 454 g/mol. The van der Waals surface area contributed by atoms with E-state index in [-0.39, 0.29) is 28.6 Å². The minimum atomic E-state index is -0.665. The number of carbonyl (C=O) groups is 3. The van der Waals surface area contributed by atoms with E-state index in [0.717, 1.165) is 43.4 Å². The van der Waals surface area contributed by atoms with E-state index in [2.05, 4.69) is 26.1 Å². The van der Waals surface area contributed by atoms with Crippen LogP contribution in [-0.4, -0.2) is 47.2 Å². The Hall–Kier alpha value is -2.85. The van der Waals surface area contributed by atoms with Crippen molar-refractivity contribution in [1.82, 2.24) is 15.5 Å². The van der Waals surface area contributed by atoms with E-state index in [1.165, 1.54) is 11.3 Å². The minimum Gasteiger partial charge on any atom is -0.381 e. The molecule has 0 radical (unpaired) electrons. The smallest absolute Gasteiger partial charge is 0.282 e. The Morgan fingerprint density at radius 2 is 1.94 bits per heavy atom. The number of nitrogens with zero attached hydrogens (tertiary/aromatic N) is 2. The van der Waals surface area contributed by atoms with Crippen LogP contribution in [0.4, 0.5) is 11.4 Å². The van der Waals surface area contributed by atoms with Crippen LogP contribution in [0.25, 0.3) is 0 Å². The van der Waals surface area contributed by atoms with Gasteiger partial charge < -0.3 is 20.7 Å². The first kappa shape index (κ1) is 22.9. The lowest BCUT2D eigenvalue weighted by molar-refractivity contribution is -0.124. The number of rotatable bonds is 5. The summed E-state index contributed by atoms with van der Waals surface area (Å²) in [5.74, 6) is -0.578. The van der Waals surface area contributed by atoms with Crippen molar-refractivity contribution in [1.29, 1.82) is 0 Å². The van der Waals surface area contributed by atoms with Gasteiger partial charge in [-0.3, -0.25) is 14.4 Å². The molecule has 3 heterocycles. The number of benzene rings is 1. The second-order valence-corrected chi connectivity index (χ2v) is 10.6. The van der Waals surface area contributed by atoms with Crippen molar-refractivity contribution in [3.63, 3.8) is 0 Å². The molecule has 1 atom stereocenters. The molecule has 1 aliphatic carbocycles. The molecule has 9 nitrogen and oxygen atoms in total. The van der Waals surface area contributed by atoms with E-state index in [4.69, 9.17) is 4.74 Å². The minimum absolute atomic E-state index is 0.00558. The first-order chi connectivity index (χ1) is 16.5. The fourth-order valence-electron chi connectivity index (χ4n) is 5.40. The zero-order valence-electron chi connectivity index (χ0n) is 19.2. The molecule has 180 valence electrons. The van der Waals surface area contributed by atoms with Gasteiger partial charge in [0.05, 0.1) is 5.41 Å². The molecule has 2 aliphatic heterocycles. The molecule has 1 saturated heterocycles. The van der Waals surface area contributed by atoms with Crippen LogP contribution in [0, 0.1) is 12.8 Å². The Morgan fingerprint density at radius 3 is 2.65 bits per heavy atom. The number of fused-ring (bicyclic) bond motifs is 2. The first-order valence-corrected chi connectivity index (χ1v) is 12.7. The van der Waals surface area contributed by atoms with Crippen LogP contribution < -0.4 is 16.0 Å². The van der Waals surface area contributed by atoms with Gasteiger partial charge in [-0.15, -0.1) is 10.2 Å². The fraction of sp³-hybridized carbons (Fsp3) is 0.542. The number of carbonyl (C=O) groups excluding carboxylic acids is 3. The zero-order valence-corrected chi connectivity index (χ0v) is 20.0. The Morgan fingerprint density at radius 1 is 1.18 bits per heavy atom. The van der Waals surface area contributed by atoms with Crippen molar-refractivity contribution < 1.29 is 19.1 Å². The maximum absolute atomic E-state index is 13.4. The van der Waals surface area contributed by atoms with Crippen LogP contribution in [0.1, 0.15) is 65.3 Å². The number of aryl methyl sites for hydroxylation is 1.